The molecule has 2 rings (SSSR count). The highest BCUT2D eigenvalue weighted by Crippen LogP contribution is 2.20. The molecule has 0 fully saturated rings. The number of nitrogens with zero attached hydrogens (tertiary/aromatic N) is 2. The molecule has 1 amide bonds. The first-order valence-corrected chi connectivity index (χ1v) is 7.51. The molecule has 1 heterocycles. The number of rotatable bonds is 5. The second-order valence-electron chi connectivity index (χ2n) is 4.61. The fourth-order valence-electron chi connectivity index (χ4n) is 2.06. The Morgan fingerprint density at radius 3 is 2.62 bits per heavy atom. The molecule has 2 aromatic rings. The molecule has 1 aromatic heterocycles. The van der Waals surface area contributed by atoms with Crippen molar-refractivity contribution in [3.8, 4) is 0 Å². The lowest BCUT2D eigenvalue weighted by Gasteiger charge is -2.21. The summed E-state index contributed by atoms with van der Waals surface area (Å²) < 4.78 is 0. The summed E-state index contributed by atoms with van der Waals surface area (Å²) in [5.74, 6) is -0.122. The Hall–Kier alpha value is -1.58. The molecule has 0 radical (unpaired) electrons. The zero-order valence-corrected chi connectivity index (χ0v) is 13.2. The molecule has 3 nitrogen and oxygen atoms in total. The molecule has 0 spiro atoms. The topological polar surface area (TPSA) is 33.2 Å². The largest absolute Gasteiger partial charge is 0.339 e. The van der Waals surface area contributed by atoms with Crippen molar-refractivity contribution in [2.24, 2.45) is 0 Å². The number of aromatic nitrogens is 1. The zero-order chi connectivity index (χ0) is 15.2. The van der Waals surface area contributed by atoms with Crippen LogP contribution in [0.15, 0.2) is 42.6 Å². The Labute approximate surface area is 134 Å². The van der Waals surface area contributed by atoms with Gasteiger partial charge in [-0.1, -0.05) is 53.5 Å². The number of pyridine rings is 1. The number of amides is 1. The maximum Gasteiger partial charge on any atom is 0.255 e. The predicted octanol–water partition coefficient (Wildman–Crippen LogP) is 4.09. The lowest BCUT2D eigenvalue weighted by molar-refractivity contribution is 0.0766. The Morgan fingerprint density at radius 1 is 1.24 bits per heavy atom. The van der Waals surface area contributed by atoms with Crippen molar-refractivity contribution in [1.29, 1.82) is 0 Å². The number of hydrogen-bond acceptors (Lipinski definition) is 2. The molecule has 21 heavy (non-hydrogen) atoms. The summed E-state index contributed by atoms with van der Waals surface area (Å²) in [5, 5.41) is 0.587. The van der Waals surface area contributed by atoms with Crippen molar-refractivity contribution in [1.82, 2.24) is 9.88 Å². The summed E-state index contributed by atoms with van der Waals surface area (Å²) >= 11 is 11.9. The van der Waals surface area contributed by atoms with E-state index in [1.54, 1.807) is 4.90 Å². The van der Waals surface area contributed by atoms with Gasteiger partial charge in [-0.2, -0.15) is 0 Å². The molecular weight excluding hydrogens is 307 g/mol. The van der Waals surface area contributed by atoms with E-state index in [4.69, 9.17) is 23.2 Å². The second kappa shape index (κ2) is 7.43. The smallest absolute Gasteiger partial charge is 0.255 e. The van der Waals surface area contributed by atoms with Gasteiger partial charge in [0, 0.05) is 19.3 Å². The van der Waals surface area contributed by atoms with Crippen LogP contribution in [0.3, 0.4) is 0 Å². The van der Waals surface area contributed by atoms with Crippen LogP contribution in [0.4, 0.5) is 0 Å². The van der Waals surface area contributed by atoms with E-state index in [-0.39, 0.29) is 11.1 Å². The minimum absolute atomic E-state index is 0.122. The zero-order valence-electron chi connectivity index (χ0n) is 11.7. The Balaban J connectivity index is 2.10. The molecule has 1 aromatic carbocycles. The van der Waals surface area contributed by atoms with Crippen LogP contribution in [0, 0.1) is 0 Å². The molecule has 5 heteroatoms. The van der Waals surface area contributed by atoms with Gasteiger partial charge >= 0.3 is 0 Å². The highest BCUT2D eigenvalue weighted by molar-refractivity contribution is 6.35. The molecule has 0 aliphatic rings. The molecule has 0 unspecified atom stereocenters. The maximum atomic E-state index is 12.5. The van der Waals surface area contributed by atoms with Crippen LogP contribution >= 0.6 is 23.2 Å². The monoisotopic (exact) mass is 322 g/mol. The number of hydrogen-bond donors (Lipinski definition) is 0. The van der Waals surface area contributed by atoms with Gasteiger partial charge in [0.15, 0.2) is 0 Å². The lowest BCUT2D eigenvalue weighted by atomic mass is 10.1. The standard InChI is InChI=1S/C16H16Cl2N2O/c1-2-20(9-8-12-6-4-3-5-7-12)16(21)13-10-15(18)19-11-14(13)17/h3-7,10-11H,2,8-9H2,1H3. The van der Waals surface area contributed by atoms with Crippen LogP contribution in [0.25, 0.3) is 0 Å². The number of carbonyl (C=O) groups is 1. The quantitative estimate of drug-likeness (QED) is 0.777. The van der Waals surface area contributed by atoms with Gasteiger partial charge in [-0.25, -0.2) is 4.98 Å². The van der Waals surface area contributed by atoms with Crippen LogP contribution < -0.4 is 0 Å². The second-order valence-corrected chi connectivity index (χ2v) is 5.40. The molecular formula is C16H16Cl2N2O. The first-order valence-electron chi connectivity index (χ1n) is 6.76. The van der Waals surface area contributed by atoms with Crippen LogP contribution in [-0.4, -0.2) is 28.9 Å². The molecule has 0 N–H and O–H groups in total. The molecule has 0 aliphatic heterocycles. The Morgan fingerprint density at radius 2 is 1.95 bits per heavy atom. The fraction of sp³-hybridized carbons (Fsp3) is 0.250. The third-order valence-corrected chi connectivity index (χ3v) is 3.74. The molecule has 0 bridgehead atoms. The van der Waals surface area contributed by atoms with E-state index in [2.05, 4.69) is 17.1 Å². The van der Waals surface area contributed by atoms with E-state index >= 15 is 0 Å². The van der Waals surface area contributed by atoms with E-state index in [9.17, 15) is 4.79 Å². The Kier molecular flexibility index (Phi) is 5.59. The van der Waals surface area contributed by atoms with Crippen LogP contribution in [-0.2, 0) is 6.42 Å². The normalized spacial score (nSPS) is 10.4. The summed E-state index contributed by atoms with van der Waals surface area (Å²) in [6, 6.07) is 11.6. The van der Waals surface area contributed by atoms with E-state index in [0.717, 1.165) is 6.42 Å². The third-order valence-electron chi connectivity index (χ3n) is 3.23. The van der Waals surface area contributed by atoms with Crippen LogP contribution in [0.2, 0.25) is 10.2 Å². The van der Waals surface area contributed by atoms with E-state index in [1.807, 2.05) is 25.1 Å². The molecule has 0 saturated carbocycles. The van der Waals surface area contributed by atoms with E-state index < -0.39 is 0 Å². The third kappa shape index (κ3) is 4.19. The Bertz CT molecular complexity index is 617. The highest BCUT2D eigenvalue weighted by Gasteiger charge is 2.17. The summed E-state index contributed by atoms with van der Waals surface area (Å²) in [4.78, 5) is 18.1. The average molecular weight is 323 g/mol. The predicted molar refractivity (Wildman–Crippen MR) is 86.0 cm³/mol. The summed E-state index contributed by atoms with van der Waals surface area (Å²) in [5.41, 5.74) is 1.59. The SMILES string of the molecule is CCN(CCc1ccccc1)C(=O)c1cc(Cl)ncc1Cl. The lowest BCUT2D eigenvalue weighted by Crippen LogP contribution is -2.33. The van der Waals surface area contributed by atoms with Crippen molar-refractivity contribution in [3.05, 3.63) is 63.9 Å². The van der Waals surface area contributed by atoms with Gasteiger partial charge in [0.1, 0.15) is 5.15 Å². The van der Waals surface area contributed by atoms with Gasteiger partial charge in [0.2, 0.25) is 0 Å². The van der Waals surface area contributed by atoms with Crippen LogP contribution in [0.1, 0.15) is 22.8 Å². The maximum absolute atomic E-state index is 12.5. The van der Waals surface area contributed by atoms with Crippen molar-refractivity contribution in [3.63, 3.8) is 0 Å². The van der Waals surface area contributed by atoms with Gasteiger partial charge in [0.05, 0.1) is 10.6 Å². The highest BCUT2D eigenvalue weighted by atomic mass is 35.5. The molecule has 0 aliphatic carbocycles. The number of benzene rings is 1. The van der Waals surface area contributed by atoms with Crippen molar-refractivity contribution < 1.29 is 4.79 Å². The summed E-state index contributed by atoms with van der Waals surface area (Å²) in [7, 11) is 0. The summed E-state index contributed by atoms with van der Waals surface area (Å²) in [6.07, 6.45) is 2.21. The first-order chi connectivity index (χ1) is 10.1. The van der Waals surface area contributed by atoms with Crippen molar-refractivity contribution >= 4 is 29.1 Å². The minimum atomic E-state index is -0.122. The van der Waals surface area contributed by atoms with Gasteiger partial charge in [-0.3, -0.25) is 4.79 Å². The number of likely N-dealkylation sites (N-methyl/N-ethyl adjacent to an activating group) is 1. The van der Waals surface area contributed by atoms with Gasteiger partial charge in [-0.15, -0.1) is 0 Å². The fourth-order valence-corrected chi connectivity index (χ4v) is 2.40. The molecule has 0 atom stereocenters. The van der Waals surface area contributed by atoms with Crippen molar-refractivity contribution in [2.75, 3.05) is 13.1 Å². The minimum Gasteiger partial charge on any atom is -0.339 e. The average Bonchev–Trinajstić information content (AvgIpc) is 2.51. The van der Waals surface area contributed by atoms with E-state index in [0.29, 0.717) is 23.7 Å². The number of carbonyl (C=O) groups excluding carboxylic acids is 1. The van der Waals surface area contributed by atoms with Crippen LogP contribution in [0.5, 0.6) is 0 Å². The van der Waals surface area contributed by atoms with E-state index in [1.165, 1.54) is 17.8 Å². The first kappa shape index (κ1) is 15.8. The molecule has 0 saturated heterocycles. The van der Waals surface area contributed by atoms with Gasteiger partial charge in [-0.05, 0) is 25.0 Å². The van der Waals surface area contributed by atoms with Crippen molar-refractivity contribution in [2.45, 2.75) is 13.3 Å². The van der Waals surface area contributed by atoms with Gasteiger partial charge < -0.3 is 4.90 Å². The number of halogens is 2. The van der Waals surface area contributed by atoms with Gasteiger partial charge in [0.25, 0.3) is 5.91 Å². The molecule has 110 valence electrons. The summed E-state index contributed by atoms with van der Waals surface area (Å²) in [6.45, 7) is 3.19.